The Hall–Kier alpha value is -2.45. The number of carbonyl (C=O) groups is 2. The molecule has 25 heavy (non-hydrogen) atoms. The first-order chi connectivity index (χ1) is 11.6. The summed E-state index contributed by atoms with van der Waals surface area (Å²) in [6.07, 6.45) is -4.22. The number of hydrogen-bond donors (Lipinski definition) is 2. The maximum atomic E-state index is 12.2. The number of likely N-dealkylation sites (tertiary alicyclic amines) is 1. The van der Waals surface area contributed by atoms with Crippen LogP contribution in [0.15, 0.2) is 24.3 Å². The van der Waals surface area contributed by atoms with Crippen molar-refractivity contribution in [3.63, 3.8) is 0 Å². The molecule has 0 aliphatic carbocycles. The lowest BCUT2D eigenvalue weighted by atomic mass is 9.91. The molecule has 1 aromatic rings. The number of benzene rings is 1. The number of nitrogens with zero attached hydrogens (tertiary/aromatic N) is 1. The molecule has 2 amide bonds. The summed E-state index contributed by atoms with van der Waals surface area (Å²) in [7, 11) is 0. The minimum atomic E-state index is -4.75. The number of hydrogen-bond acceptors (Lipinski definition) is 3. The summed E-state index contributed by atoms with van der Waals surface area (Å²) < 4.78 is 40.1. The maximum Gasteiger partial charge on any atom is 0.573 e. The van der Waals surface area contributed by atoms with E-state index >= 15 is 0 Å². The molecule has 2 unspecified atom stereocenters. The topological polar surface area (TPSA) is 78.9 Å². The van der Waals surface area contributed by atoms with Gasteiger partial charge in [0, 0.05) is 19.6 Å². The van der Waals surface area contributed by atoms with Gasteiger partial charge in [0.15, 0.2) is 0 Å². The van der Waals surface area contributed by atoms with Gasteiger partial charge in [-0.05, 0) is 30.0 Å². The number of amides is 2. The highest BCUT2D eigenvalue weighted by Gasteiger charge is 2.32. The molecule has 1 fully saturated rings. The molecular weight excluding hydrogens is 341 g/mol. The average molecular weight is 360 g/mol. The molecule has 1 aromatic carbocycles. The average Bonchev–Trinajstić information content (AvgIpc) is 2.51. The smallest absolute Gasteiger partial charge is 0.481 e. The number of halogens is 3. The van der Waals surface area contributed by atoms with E-state index in [4.69, 9.17) is 5.11 Å². The van der Waals surface area contributed by atoms with Crippen LogP contribution < -0.4 is 10.1 Å². The van der Waals surface area contributed by atoms with Crippen LogP contribution in [0.2, 0.25) is 0 Å². The van der Waals surface area contributed by atoms with E-state index in [2.05, 4.69) is 10.1 Å². The lowest BCUT2D eigenvalue weighted by molar-refractivity contribution is -0.274. The number of carboxylic acid groups (broad SMARTS) is 1. The Labute approximate surface area is 142 Å². The van der Waals surface area contributed by atoms with E-state index < -0.39 is 24.3 Å². The van der Waals surface area contributed by atoms with Crippen LogP contribution in [0.5, 0.6) is 5.75 Å². The van der Waals surface area contributed by atoms with Crippen molar-refractivity contribution in [2.24, 2.45) is 11.8 Å². The van der Waals surface area contributed by atoms with Gasteiger partial charge in [-0.15, -0.1) is 13.2 Å². The molecule has 1 saturated heterocycles. The molecule has 2 N–H and O–H groups in total. The first-order valence-corrected chi connectivity index (χ1v) is 7.74. The minimum absolute atomic E-state index is 0.0828. The fourth-order valence-corrected chi connectivity index (χ4v) is 2.79. The molecule has 2 atom stereocenters. The Morgan fingerprint density at radius 2 is 1.92 bits per heavy atom. The van der Waals surface area contributed by atoms with E-state index in [-0.39, 0.29) is 24.8 Å². The number of urea groups is 1. The van der Waals surface area contributed by atoms with Crippen molar-refractivity contribution >= 4 is 12.0 Å². The Morgan fingerprint density at radius 1 is 1.28 bits per heavy atom. The van der Waals surface area contributed by atoms with Crippen molar-refractivity contribution < 1.29 is 32.6 Å². The quantitative estimate of drug-likeness (QED) is 0.865. The number of carbonyl (C=O) groups excluding carboxylic acids is 1. The highest BCUT2D eigenvalue weighted by atomic mass is 19.4. The van der Waals surface area contributed by atoms with Gasteiger partial charge in [0.2, 0.25) is 0 Å². The molecule has 0 saturated carbocycles. The van der Waals surface area contributed by atoms with Crippen molar-refractivity contribution in [1.29, 1.82) is 0 Å². The first kappa shape index (κ1) is 18.9. The zero-order valence-electron chi connectivity index (χ0n) is 13.5. The number of ether oxygens (including phenoxy) is 1. The van der Waals surface area contributed by atoms with Crippen LogP contribution in [0.25, 0.3) is 0 Å². The van der Waals surface area contributed by atoms with E-state index in [9.17, 15) is 22.8 Å². The van der Waals surface area contributed by atoms with Crippen molar-refractivity contribution in [1.82, 2.24) is 10.2 Å². The molecule has 1 aliphatic rings. The van der Waals surface area contributed by atoms with Gasteiger partial charge in [-0.2, -0.15) is 0 Å². The molecule has 138 valence electrons. The van der Waals surface area contributed by atoms with E-state index in [1.807, 2.05) is 6.92 Å². The van der Waals surface area contributed by atoms with Gasteiger partial charge in [0.25, 0.3) is 0 Å². The molecular formula is C16H19F3N2O4. The standard InChI is InChI=1S/C16H19F3N2O4/c1-10-6-12(14(22)23)9-21(8-10)15(24)20-7-11-2-4-13(5-3-11)25-16(17,18)19/h2-5,10,12H,6-9H2,1H3,(H,20,24)(H,22,23). The van der Waals surface area contributed by atoms with Crippen molar-refractivity contribution in [2.45, 2.75) is 26.3 Å². The lowest BCUT2D eigenvalue weighted by Gasteiger charge is -2.34. The summed E-state index contributed by atoms with van der Waals surface area (Å²) >= 11 is 0. The van der Waals surface area contributed by atoms with Crippen molar-refractivity contribution in [3.8, 4) is 5.75 Å². The molecule has 0 radical (unpaired) electrons. The predicted octanol–water partition coefficient (Wildman–Crippen LogP) is 2.84. The molecule has 2 rings (SSSR count). The van der Waals surface area contributed by atoms with Crippen LogP contribution in [0.1, 0.15) is 18.9 Å². The van der Waals surface area contributed by atoms with Crippen LogP contribution >= 0.6 is 0 Å². The summed E-state index contributed by atoms with van der Waals surface area (Å²) in [6.45, 7) is 2.61. The second kappa shape index (κ2) is 7.62. The van der Waals surface area contributed by atoms with Crippen LogP contribution in [-0.2, 0) is 11.3 Å². The summed E-state index contributed by atoms with van der Waals surface area (Å²) in [4.78, 5) is 24.8. The summed E-state index contributed by atoms with van der Waals surface area (Å²) in [6, 6.07) is 4.77. The second-order valence-corrected chi connectivity index (χ2v) is 6.13. The van der Waals surface area contributed by atoms with Crippen LogP contribution in [0, 0.1) is 11.8 Å². The van der Waals surface area contributed by atoms with Crippen LogP contribution in [0.4, 0.5) is 18.0 Å². The Balaban J connectivity index is 1.88. The minimum Gasteiger partial charge on any atom is -0.481 e. The first-order valence-electron chi connectivity index (χ1n) is 7.74. The number of alkyl halides is 3. The Morgan fingerprint density at radius 3 is 2.48 bits per heavy atom. The number of aliphatic carboxylic acids is 1. The van der Waals surface area contributed by atoms with Gasteiger partial charge in [-0.1, -0.05) is 19.1 Å². The number of nitrogens with one attached hydrogen (secondary N) is 1. The van der Waals surface area contributed by atoms with E-state index in [1.54, 1.807) is 0 Å². The summed E-state index contributed by atoms with van der Waals surface area (Å²) in [5.41, 5.74) is 0.600. The molecule has 9 heteroatoms. The second-order valence-electron chi connectivity index (χ2n) is 6.13. The van der Waals surface area contributed by atoms with Gasteiger partial charge in [-0.25, -0.2) is 4.79 Å². The predicted molar refractivity (Wildman–Crippen MR) is 81.8 cm³/mol. The highest BCUT2D eigenvalue weighted by Crippen LogP contribution is 2.23. The third-order valence-corrected chi connectivity index (χ3v) is 3.90. The zero-order valence-corrected chi connectivity index (χ0v) is 13.5. The monoisotopic (exact) mass is 360 g/mol. The van der Waals surface area contributed by atoms with Crippen LogP contribution in [-0.4, -0.2) is 41.5 Å². The number of rotatable bonds is 4. The fraction of sp³-hybridized carbons (Fsp3) is 0.500. The normalized spacial score (nSPS) is 20.9. The SMILES string of the molecule is CC1CC(C(=O)O)CN(C(=O)NCc2ccc(OC(F)(F)F)cc2)C1. The fourth-order valence-electron chi connectivity index (χ4n) is 2.79. The molecule has 0 bridgehead atoms. The molecule has 1 aliphatic heterocycles. The van der Waals surface area contributed by atoms with Gasteiger partial charge >= 0.3 is 18.4 Å². The lowest BCUT2D eigenvalue weighted by Crippen LogP contribution is -2.49. The molecule has 1 heterocycles. The largest absolute Gasteiger partial charge is 0.573 e. The number of carboxylic acids is 1. The van der Waals surface area contributed by atoms with Gasteiger partial charge in [-0.3, -0.25) is 4.79 Å². The zero-order chi connectivity index (χ0) is 18.6. The number of piperidine rings is 1. The highest BCUT2D eigenvalue weighted by molar-refractivity contribution is 5.76. The van der Waals surface area contributed by atoms with E-state index in [0.717, 1.165) is 0 Å². The summed E-state index contributed by atoms with van der Waals surface area (Å²) in [5, 5.41) is 11.8. The van der Waals surface area contributed by atoms with E-state index in [1.165, 1.54) is 29.2 Å². The molecule has 6 nitrogen and oxygen atoms in total. The molecule has 0 spiro atoms. The Bertz CT molecular complexity index is 619. The van der Waals surface area contributed by atoms with Crippen LogP contribution in [0.3, 0.4) is 0 Å². The van der Waals surface area contributed by atoms with Gasteiger partial charge in [0.1, 0.15) is 5.75 Å². The Kier molecular flexibility index (Phi) is 5.76. The van der Waals surface area contributed by atoms with Crippen molar-refractivity contribution in [2.75, 3.05) is 13.1 Å². The third-order valence-electron chi connectivity index (χ3n) is 3.90. The maximum absolute atomic E-state index is 12.2. The van der Waals surface area contributed by atoms with E-state index in [0.29, 0.717) is 18.5 Å². The summed E-state index contributed by atoms with van der Waals surface area (Å²) in [5.74, 6) is -1.77. The van der Waals surface area contributed by atoms with Gasteiger partial charge in [0.05, 0.1) is 5.92 Å². The molecule has 0 aromatic heterocycles. The van der Waals surface area contributed by atoms with Gasteiger partial charge < -0.3 is 20.1 Å². The third kappa shape index (κ3) is 5.84. The van der Waals surface area contributed by atoms with Crippen molar-refractivity contribution in [3.05, 3.63) is 29.8 Å².